The number of hydrogen-bond donors (Lipinski definition) is 1. The first-order chi connectivity index (χ1) is 15.0. The van der Waals surface area contributed by atoms with Gasteiger partial charge in [-0.15, -0.1) is 0 Å². The lowest BCUT2D eigenvalue weighted by Gasteiger charge is -2.42. The Morgan fingerprint density at radius 2 is 2.03 bits per heavy atom. The van der Waals surface area contributed by atoms with Gasteiger partial charge in [0.05, 0.1) is 5.60 Å². The van der Waals surface area contributed by atoms with Gasteiger partial charge in [0.25, 0.3) is 0 Å². The molecule has 2 aromatic rings. The van der Waals surface area contributed by atoms with E-state index >= 15 is 4.39 Å². The molecule has 0 aliphatic carbocycles. The Kier molecular flexibility index (Phi) is 8.04. The molecule has 1 aliphatic rings. The first kappa shape index (κ1) is 23.2. The second kappa shape index (κ2) is 10.7. The third-order valence-electron chi connectivity index (χ3n) is 6.17. The van der Waals surface area contributed by atoms with Crippen LogP contribution in [-0.2, 0) is 15.1 Å². The van der Waals surface area contributed by atoms with Crippen molar-refractivity contribution >= 4 is 6.41 Å². The molecule has 3 rings (SSSR count). The van der Waals surface area contributed by atoms with Crippen LogP contribution in [-0.4, -0.2) is 43.2 Å². The molecule has 0 radical (unpaired) electrons. The fourth-order valence-corrected chi connectivity index (χ4v) is 4.43. The maximum Gasteiger partial charge on any atom is 0.209 e. The summed E-state index contributed by atoms with van der Waals surface area (Å²) in [6.45, 7) is 3.60. The largest absolute Gasteiger partial charge is 0.454 e. The number of ether oxygens (including phenoxy) is 2. The zero-order valence-electron chi connectivity index (χ0n) is 18.4. The number of halogens is 1. The summed E-state index contributed by atoms with van der Waals surface area (Å²) in [5.41, 5.74) is -0.00808. The van der Waals surface area contributed by atoms with E-state index in [1.165, 1.54) is 6.07 Å². The van der Waals surface area contributed by atoms with Crippen LogP contribution in [0.4, 0.5) is 4.39 Å². The zero-order chi connectivity index (χ0) is 22.3. The molecule has 31 heavy (non-hydrogen) atoms. The summed E-state index contributed by atoms with van der Waals surface area (Å²) in [7, 11) is 1.65. The Hall–Kier alpha value is -2.44. The van der Waals surface area contributed by atoms with Crippen LogP contribution in [0.1, 0.15) is 43.2 Å². The van der Waals surface area contributed by atoms with E-state index in [1.54, 1.807) is 30.2 Å². The summed E-state index contributed by atoms with van der Waals surface area (Å²) in [4.78, 5) is 13.1. The Labute approximate surface area is 183 Å². The molecule has 1 N–H and O–H groups in total. The van der Waals surface area contributed by atoms with E-state index in [0.717, 1.165) is 31.2 Å². The molecule has 168 valence electrons. The second-order valence-electron chi connectivity index (χ2n) is 8.30. The minimum atomic E-state index is -1.32. The molecule has 0 spiro atoms. The fourth-order valence-electron chi connectivity index (χ4n) is 4.43. The molecule has 0 aromatic heterocycles. The molecule has 1 fully saturated rings. The highest BCUT2D eigenvalue weighted by molar-refractivity contribution is 5.48. The predicted molar refractivity (Wildman–Crippen MR) is 118 cm³/mol. The average Bonchev–Trinajstić information content (AvgIpc) is 2.79. The number of methoxy groups -OCH3 is 1. The van der Waals surface area contributed by atoms with Crippen LogP contribution in [0.2, 0.25) is 0 Å². The summed E-state index contributed by atoms with van der Waals surface area (Å²) >= 11 is 0. The van der Waals surface area contributed by atoms with E-state index in [2.05, 4.69) is 0 Å². The van der Waals surface area contributed by atoms with Gasteiger partial charge in [-0.25, -0.2) is 4.39 Å². The van der Waals surface area contributed by atoms with Crippen LogP contribution < -0.4 is 4.74 Å². The van der Waals surface area contributed by atoms with E-state index in [4.69, 9.17) is 9.47 Å². The van der Waals surface area contributed by atoms with Gasteiger partial charge in [-0.2, -0.15) is 0 Å². The lowest BCUT2D eigenvalue weighted by Crippen LogP contribution is -2.46. The SMILES string of the molecule is COCCCC[C@@](O)(c1cccc(F)c1Oc1ccccc1C)C1CCCN(C=O)C1. The minimum Gasteiger partial charge on any atom is -0.454 e. The second-order valence-corrected chi connectivity index (χ2v) is 8.30. The molecule has 1 unspecified atom stereocenters. The first-order valence-corrected chi connectivity index (χ1v) is 10.9. The van der Waals surface area contributed by atoms with Crippen molar-refractivity contribution in [2.45, 2.75) is 44.6 Å². The van der Waals surface area contributed by atoms with Gasteiger partial charge in [-0.3, -0.25) is 4.79 Å². The zero-order valence-corrected chi connectivity index (χ0v) is 18.4. The summed E-state index contributed by atoms with van der Waals surface area (Å²) in [6.07, 6.45) is 4.31. The summed E-state index contributed by atoms with van der Waals surface area (Å²) in [5.74, 6) is -0.128. The maximum absolute atomic E-state index is 15.0. The molecule has 2 atom stereocenters. The number of benzene rings is 2. The number of para-hydroxylation sites is 2. The number of amides is 1. The van der Waals surface area contributed by atoms with E-state index in [9.17, 15) is 9.90 Å². The van der Waals surface area contributed by atoms with E-state index in [1.807, 2.05) is 25.1 Å². The Morgan fingerprint density at radius 1 is 1.23 bits per heavy atom. The van der Waals surface area contributed by atoms with Gasteiger partial charge >= 0.3 is 0 Å². The van der Waals surface area contributed by atoms with Gasteiger partial charge in [-0.05, 0) is 56.7 Å². The van der Waals surface area contributed by atoms with Crippen molar-refractivity contribution in [1.82, 2.24) is 4.90 Å². The Bertz CT molecular complexity index is 874. The highest BCUT2D eigenvalue weighted by Crippen LogP contribution is 2.45. The van der Waals surface area contributed by atoms with Crippen LogP contribution in [0.3, 0.4) is 0 Å². The third-order valence-corrected chi connectivity index (χ3v) is 6.17. The van der Waals surface area contributed by atoms with Gasteiger partial charge in [-0.1, -0.05) is 30.3 Å². The quantitative estimate of drug-likeness (QED) is 0.435. The smallest absolute Gasteiger partial charge is 0.209 e. The number of piperidine rings is 1. The predicted octanol–water partition coefficient (Wildman–Crippen LogP) is 4.80. The number of carbonyl (C=O) groups excluding carboxylic acids is 1. The molecule has 1 saturated heterocycles. The fraction of sp³-hybridized carbons (Fsp3) is 0.480. The standard InChI is InChI=1S/C25H32FNO4/c1-19-9-3-4-13-23(19)31-24-21(11-7-12-22(24)26)25(29,14-5-6-16-30-2)20-10-8-15-27(17-20)18-28/h3-4,7,9,11-13,18,20,29H,5-6,8,10,14-17H2,1-2H3/t20?,25-/m0/s1. The monoisotopic (exact) mass is 429 g/mol. The third kappa shape index (κ3) is 5.43. The lowest BCUT2D eigenvalue weighted by molar-refractivity contribution is -0.123. The van der Waals surface area contributed by atoms with Gasteiger partial charge in [0, 0.05) is 38.3 Å². The number of carbonyl (C=O) groups is 1. The van der Waals surface area contributed by atoms with E-state index in [-0.39, 0.29) is 11.7 Å². The van der Waals surface area contributed by atoms with Gasteiger partial charge < -0.3 is 19.5 Å². The topological polar surface area (TPSA) is 59.0 Å². The van der Waals surface area contributed by atoms with Gasteiger partial charge in [0.15, 0.2) is 11.6 Å². The Morgan fingerprint density at radius 3 is 2.77 bits per heavy atom. The van der Waals surface area contributed by atoms with E-state index in [0.29, 0.717) is 43.9 Å². The van der Waals surface area contributed by atoms with Crippen LogP contribution in [0, 0.1) is 18.7 Å². The number of hydrogen-bond acceptors (Lipinski definition) is 4. The molecular formula is C25H32FNO4. The molecule has 1 heterocycles. The molecule has 1 amide bonds. The van der Waals surface area contributed by atoms with Gasteiger partial charge in [0.2, 0.25) is 6.41 Å². The number of nitrogens with zero attached hydrogens (tertiary/aromatic N) is 1. The average molecular weight is 430 g/mol. The molecule has 1 aliphatic heterocycles. The number of aliphatic hydroxyl groups is 1. The summed E-state index contributed by atoms with van der Waals surface area (Å²) in [6, 6.07) is 12.1. The minimum absolute atomic E-state index is 0.0502. The first-order valence-electron chi connectivity index (χ1n) is 10.9. The van der Waals surface area contributed by atoms with Crippen LogP contribution in [0.15, 0.2) is 42.5 Å². The highest BCUT2D eigenvalue weighted by Gasteiger charge is 2.42. The maximum atomic E-state index is 15.0. The van der Waals surface area contributed by atoms with Crippen molar-refractivity contribution in [3.05, 3.63) is 59.4 Å². The normalized spacial score (nSPS) is 18.5. The van der Waals surface area contributed by atoms with Crippen molar-refractivity contribution in [3.63, 3.8) is 0 Å². The van der Waals surface area contributed by atoms with Crippen molar-refractivity contribution in [2.75, 3.05) is 26.8 Å². The van der Waals surface area contributed by atoms with Crippen LogP contribution >= 0.6 is 0 Å². The molecular weight excluding hydrogens is 397 g/mol. The van der Waals surface area contributed by atoms with Crippen molar-refractivity contribution in [1.29, 1.82) is 0 Å². The molecule has 0 saturated carbocycles. The highest BCUT2D eigenvalue weighted by atomic mass is 19.1. The van der Waals surface area contributed by atoms with Crippen molar-refractivity contribution in [2.24, 2.45) is 5.92 Å². The molecule has 5 nitrogen and oxygen atoms in total. The lowest BCUT2D eigenvalue weighted by atomic mass is 9.73. The molecule has 2 aromatic carbocycles. The molecule has 6 heteroatoms. The number of likely N-dealkylation sites (tertiary alicyclic amines) is 1. The number of aryl methyl sites for hydroxylation is 1. The van der Waals surface area contributed by atoms with E-state index < -0.39 is 11.4 Å². The van der Waals surface area contributed by atoms with Crippen molar-refractivity contribution in [3.8, 4) is 11.5 Å². The van der Waals surface area contributed by atoms with Gasteiger partial charge in [0.1, 0.15) is 5.75 Å². The van der Waals surface area contributed by atoms with Crippen LogP contribution in [0.5, 0.6) is 11.5 Å². The number of unbranched alkanes of at least 4 members (excludes halogenated alkanes) is 1. The summed E-state index contributed by atoms with van der Waals surface area (Å²) in [5, 5.41) is 12.0. The number of rotatable bonds is 10. The van der Waals surface area contributed by atoms with Crippen molar-refractivity contribution < 1.29 is 23.8 Å². The Balaban J connectivity index is 2.00. The molecule has 0 bridgehead atoms. The van der Waals surface area contributed by atoms with Crippen LogP contribution in [0.25, 0.3) is 0 Å². The summed E-state index contributed by atoms with van der Waals surface area (Å²) < 4.78 is 26.2.